The first-order valence-electron chi connectivity index (χ1n) is 7.70. The average molecular weight is 255 g/mol. The lowest BCUT2D eigenvalue weighted by Gasteiger charge is -2.29. The molecule has 3 nitrogen and oxygen atoms in total. The number of hydrogen-bond donors (Lipinski definition) is 1. The average Bonchev–Trinajstić information content (AvgIpc) is 2.61. The zero-order valence-electron chi connectivity index (χ0n) is 11.9. The van der Waals surface area contributed by atoms with Crippen molar-refractivity contribution in [1.82, 2.24) is 4.90 Å². The van der Waals surface area contributed by atoms with Crippen LogP contribution in [0.5, 0.6) is 0 Å². The minimum atomic E-state index is -0.639. The third kappa shape index (κ3) is 6.39. The first kappa shape index (κ1) is 15.5. The fourth-order valence-corrected chi connectivity index (χ4v) is 2.88. The number of hydrogen-bond acceptors (Lipinski definition) is 2. The Hall–Kier alpha value is -0.570. The van der Waals surface area contributed by atoms with Gasteiger partial charge >= 0.3 is 5.97 Å². The summed E-state index contributed by atoms with van der Waals surface area (Å²) in [5.41, 5.74) is 0. The van der Waals surface area contributed by atoms with E-state index in [4.69, 9.17) is 5.11 Å². The van der Waals surface area contributed by atoms with Gasteiger partial charge in [-0.15, -0.1) is 0 Å². The van der Waals surface area contributed by atoms with E-state index in [0.717, 1.165) is 19.5 Å². The molecule has 106 valence electrons. The summed E-state index contributed by atoms with van der Waals surface area (Å²) in [5, 5.41) is 9.06. The summed E-state index contributed by atoms with van der Waals surface area (Å²) >= 11 is 0. The van der Waals surface area contributed by atoms with Crippen LogP contribution in [-0.4, -0.2) is 35.1 Å². The van der Waals surface area contributed by atoms with Crippen molar-refractivity contribution in [2.45, 2.75) is 77.2 Å². The van der Waals surface area contributed by atoms with Gasteiger partial charge in [0.25, 0.3) is 0 Å². The number of likely N-dealkylation sites (tertiary alicyclic amines) is 1. The van der Waals surface area contributed by atoms with Crippen molar-refractivity contribution in [3.8, 4) is 0 Å². The van der Waals surface area contributed by atoms with Gasteiger partial charge in [0.2, 0.25) is 0 Å². The summed E-state index contributed by atoms with van der Waals surface area (Å²) in [6.45, 7) is 4.42. The molecule has 0 aliphatic carbocycles. The lowest BCUT2D eigenvalue weighted by atomic mass is 10.0. The topological polar surface area (TPSA) is 40.5 Å². The molecule has 1 heterocycles. The Morgan fingerprint density at radius 3 is 2.33 bits per heavy atom. The normalized spacial score (nSPS) is 19.4. The molecule has 0 aromatic rings. The second kappa shape index (κ2) is 9.37. The van der Waals surface area contributed by atoms with Gasteiger partial charge in [-0.05, 0) is 32.4 Å². The van der Waals surface area contributed by atoms with E-state index >= 15 is 0 Å². The summed E-state index contributed by atoms with van der Waals surface area (Å²) in [6.07, 6.45) is 11.4. The molecule has 0 spiro atoms. The number of unbranched alkanes of at least 4 members (excludes halogenated alkanes) is 3. The molecule has 0 aromatic heterocycles. The fraction of sp³-hybridized carbons (Fsp3) is 0.933. The Morgan fingerprint density at radius 1 is 1.11 bits per heavy atom. The third-order valence-electron chi connectivity index (χ3n) is 3.96. The molecule has 1 saturated heterocycles. The van der Waals surface area contributed by atoms with Crippen LogP contribution in [0.3, 0.4) is 0 Å². The molecule has 1 aliphatic rings. The standard InChI is InChI=1S/C15H29NO2/c1-2-3-4-7-10-14(13-15(17)18)16-11-8-5-6-9-12-16/h14H,2-13H2,1H3,(H,17,18). The van der Waals surface area contributed by atoms with Gasteiger partial charge in [0.05, 0.1) is 6.42 Å². The molecular formula is C15H29NO2. The molecule has 1 N–H and O–H groups in total. The highest BCUT2D eigenvalue weighted by Crippen LogP contribution is 2.19. The van der Waals surface area contributed by atoms with Crippen LogP contribution >= 0.6 is 0 Å². The molecule has 1 fully saturated rings. The molecule has 1 aliphatic heterocycles. The number of carboxylic acids is 1. The van der Waals surface area contributed by atoms with Crippen molar-refractivity contribution < 1.29 is 9.90 Å². The maximum atomic E-state index is 11.0. The van der Waals surface area contributed by atoms with Crippen LogP contribution in [-0.2, 0) is 4.79 Å². The molecule has 1 atom stereocenters. The Morgan fingerprint density at radius 2 is 1.78 bits per heavy atom. The van der Waals surface area contributed by atoms with Crippen LogP contribution in [0.15, 0.2) is 0 Å². The molecule has 3 heteroatoms. The monoisotopic (exact) mass is 255 g/mol. The van der Waals surface area contributed by atoms with Crippen LogP contribution in [0, 0.1) is 0 Å². The SMILES string of the molecule is CCCCCCC(CC(=O)O)N1CCCCCC1. The minimum absolute atomic E-state index is 0.275. The molecule has 0 amide bonds. The van der Waals surface area contributed by atoms with E-state index in [9.17, 15) is 4.79 Å². The predicted octanol–water partition coefficient (Wildman–Crippen LogP) is 3.68. The Labute approximate surface area is 112 Å². The molecule has 0 aromatic carbocycles. The molecule has 0 radical (unpaired) electrons. The first-order valence-corrected chi connectivity index (χ1v) is 7.70. The maximum Gasteiger partial charge on any atom is 0.304 e. The second-order valence-corrected chi connectivity index (χ2v) is 5.55. The van der Waals surface area contributed by atoms with Crippen LogP contribution in [0.2, 0.25) is 0 Å². The van der Waals surface area contributed by atoms with Gasteiger partial charge in [-0.2, -0.15) is 0 Å². The van der Waals surface area contributed by atoms with Crippen LogP contribution < -0.4 is 0 Å². The molecular weight excluding hydrogens is 226 g/mol. The van der Waals surface area contributed by atoms with E-state index < -0.39 is 5.97 Å². The molecule has 1 unspecified atom stereocenters. The van der Waals surface area contributed by atoms with E-state index in [-0.39, 0.29) is 6.04 Å². The number of aliphatic carboxylic acids is 1. The van der Waals surface area contributed by atoms with Gasteiger partial charge in [-0.25, -0.2) is 0 Å². The summed E-state index contributed by atoms with van der Waals surface area (Å²) < 4.78 is 0. The van der Waals surface area contributed by atoms with Gasteiger partial charge < -0.3 is 5.11 Å². The second-order valence-electron chi connectivity index (χ2n) is 5.55. The molecule has 1 rings (SSSR count). The molecule has 0 saturated carbocycles. The highest BCUT2D eigenvalue weighted by atomic mass is 16.4. The lowest BCUT2D eigenvalue weighted by Crippen LogP contribution is -2.37. The van der Waals surface area contributed by atoms with E-state index in [1.54, 1.807) is 0 Å². The van der Waals surface area contributed by atoms with Crippen molar-refractivity contribution in [3.05, 3.63) is 0 Å². The third-order valence-corrected chi connectivity index (χ3v) is 3.96. The number of carbonyl (C=O) groups is 1. The highest BCUT2D eigenvalue weighted by Gasteiger charge is 2.21. The highest BCUT2D eigenvalue weighted by molar-refractivity contribution is 5.67. The lowest BCUT2D eigenvalue weighted by molar-refractivity contribution is -0.138. The number of carboxylic acid groups (broad SMARTS) is 1. The van der Waals surface area contributed by atoms with E-state index in [1.807, 2.05) is 0 Å². The minimum Gasteiger partial charge on any atom is -0.481 e. The van der Waals surface area contributed by atoms with Gasteiger partial charge in [-0.1, -0.05) is 45.4 Å². The number of nitrogens with zero attached hydrogens (tertiary/aromatic N) is 1. The zero-order valence-corrected chi connectivity index (χ0v) is 11.9. The molecule has 18 heavy (non-hydrogen) atoms. The van der Waals surface area contributed by atoms with E-state index in [2.05, 4.69) is 11.8 Å². The summed E-state index contributed by atoms with van der Waals surface area (Å²) in [5.74, 6) is -0.639. The summed E-state index contributed by atoms with van der Waals surface area (Å²) in [7, 11) is 0. The Kier molecular flexibility index (Phi) is 8.06. The van der Waals surface area contributed by atoms with Gasteiger partial charge in [0.1, 0.15) is 0 Å². The van der Waals surface area contributed by atoms with E-state index in [0.29, 0.717) is 6.42 Å². The zero-order chi connectivity index (χ0) is 13.2. The maximum absolute atomic E-state index is 11.0. The van der Waals surface area contributed by atoms with Crippen LogP contribution in [0.1, 0.15) is 71.1 Å². The molecule has 0 bridgehead atoms. The van der Waals surface area contributed by atoms with Crippen molar-refractivity contribution in [2.75, 3.05) is 13.1 Å². The Bertz CT molecular complexity index is 223. The first-order chi connectivity index (χ1) is 8.74. The van der Waals surface area contributed by atoms with Gasteiger partial charge in [-0.3, -0.25) is 9.69 Å². The van der Waals surface area contributed by atoms with Crippen molar-refractivity contribution in [3.63, 3.8) is 0 Å². The fourth-order valence-electron chi connectivity index (χ4n) is 2.88. The van der Waals surface area contributed by atoms with Crippen LogP contribution in [0.25, 0.3) is 0 Å². The van der Waals surface area contributed by atoms with E-state index in [1.165, 1.54) is 51.4 Å². The van der Waals surface area contributed by atoms with Gasteiger partial charge in [0, 0.05) is 6.04 Å². The number of rotatable bonds is 8. The van der Waals surface area contributed by atoms with Crippen molar-refractivity contribution in [2.24, 2.45) is 0 Å². The quantitative estimate of drug-likeness (QED) is 0.673. The summed E-state index contributed by atoms with van der Waals surface area (Å²) in [6, 6.07) is 0.275. The van der Waals surface area contributed by atoms with Crippen molar-refractivity contribution in [1.29, 1.82) is 0 Å². The predicted molar refractivity (Wildman–Crippen MR) is 74.8 cm³/mol. The largest absolute Gasteiger partial charge is 0.481 e. The smallest absolute Gasteiger partial charge is 0.304 e. The van der Waals surface area contributed by atoms with Gasteiger partial charge in [0.15, 0.2) is 0 Å². The van der Waals surface area contributed by atoms with Crippen molar-refractivity contribution >= 4 is 5.97 Å². The van der Waals surface area contributed by atoms with Crippen LogP contribution in [0.4, 0.5) is 0 Å². The summed E-state index contributed by atoms with van der Waals surface area (Å²) in [4.78, 5) is 13.4. The Balaban J connectivity index is 2.39.